The van der Waals surface area contributed by atoms with E-state index in [1.54, 1.807) is 0 Å². The maximum atomic E-state index is 11.8. The van der Waals surface area contributed by atoms with Gasteiger partial charge in [-0.2, -0.15) is 0 Å². The van der Waals surface area contributed by atoms with Crippen LogP contribution in [0.25, 0.3) is 0 Å². The summed E-state index contributed by atoms with van der Waals surface area (Å²) in [4.78, 5) is 23.2. The molecule has 2 bridgehead atoms. The van der Waals surface area contributed by atoms with Crippen molar-refractivity contribution in [2.75, 3.05) is 7.11 Å². The molecule has 84 valence electrons. The van der Waals surface area contributed by atoms with Crippen molar-refractivity contribution in [3.8, 4) is 0 Å². The first-order valence-electron chi connectivity index (χ1n) is 5.38. The van der Waals surface area contributed by atoms with E-state index in [1.807, 2.05) is 0 Å². The molecule has 3 rings (SSSR count). The Hall–Kier alpha value is -0.570. The van der Waals surface area contributed by atoms with Crippen LogP contribution in [0.15, 0.2) is 0 Å². The van der Waals surface area contributed by atoms with E-state index in [9.17, 15) is 9.59 Å². The van der Waals surface area contributed by atoms with E-state index in [0.29, 0.717) is 5.92 Å². The fraction of sp³-hybridized carbons (Fsp3) is 0.818. The molecule has 0 saturated heterocycles. The number of fused-ring (bicyclic) bond motifs is 3. The van der Waals surface area contributed by atoms with E-state index in [4.69, 9.17) is 16.3 Å². The van der Waals surface area contributed by atoms with Crippen molar-refractivity contribution >= 4 is 22.8 Å². The van der Waals surface area contributed by atoms with Crippen molar-refractivity contribution in [2.45, 2.75) is 32.1 Å². The zero-order chi connectivity index (χ0) is 11.1. The first-order chi connectivity index (χ1) is 7.10. The molecule has 0 heterocycles. The highest BCUT2D eigenvalue weighted by atomic mass is 35.5. The highest BCUT2D eigenvalue weighted by molar-refractivity contribution is 6.64. The lowest BCUT2D eigenvalue weighted by atomic mass is 9.55. The van der Waals surface area contributed by atoms with Crippen LogP contribution in [-0.4, -0.2) is 18.3 Å². The van der Waals surface area contributed by atoms with E-state index < -0.39 is 5.41 Å². The average Bonchev–Trinajstić information content (AvgIpc) is 2.29. The second kappa shape index (κ2) is 3.78. The van der Waals surface area contributed by atoms with Gasteiger partial charge in [0.1, 0.15) is 0 Å². The molecule has 0 spiro atoms. The standard InChI is InChI=1S/C11H15ClO3/c1-15-10(14)11-4-2-7(3-5-11)6-8(11)9(12)13/h7-8H,2-6H2,1H3. The molecule has 0 amide bonds. The van der Waals surface area contributed by atoms with Gasteiger partial charge in [0.05, 0.1) is 12.5 Å². The van der Waals surface area contributed by atoms with Crippen LogP contribution < -0.4 is 0 Å². The Morgan fingerprint density at radius 1 is 1.33 bits per heavy atom. The molecule has 3 fully saturated rings. The zero-order valence-electron chi connectivity index (χ0n) is 8.79. The zero-order valence-corrected chi connectivity index (χ0v) is 9.55. The molecule has 1 unspecified atom stereocenters. The molecule has 0 aromatic carbocycles. The quantitative estimate of drug-likeness (QED) is 0.539. The number of halogens is 1. The number of hydrogen-bond donors (Lipinski definition) is 0. The van der Waals surface area contributed by atoms with E-state index >= 15 is 0 Å². The highest BCUT2D eigenvalue weighted by Gasteiger charge is 2.55. The summed E-state index contributed by atoms with van der Waals surface area (Å²) in [5.74, 6) is 0.00278. The molecule has 15 heavy (non-hydrogen) atoms. The summed E-state index contributed by atoms with van der Waals surface area (Å²) in [6, 6.07) is 0. The third-order valence-corrected chi connectivity index (χ3v) is 4.36. The third kappa shape index (κ3) is 1.57. The largest absolute Gasteiger partial charge is 0.469 e. The molecular weight excluding hydrogens is 216 g/mol. The molecule has 3 aliphatic rings. The van der Waals surface area contributed by atoms with Crippen LogP contribution in [0.2, 0.25) is 0 Å². The molecule has 3 saturated carbocycles. The minimum atomic E-state index is -0.609. The van der Waals surface area contributed by atoms with Gasteiger partial charge in [-0.05, 0) is 49.6 Å². The molecule has 0 aromatic rings. The lowest BCUT2D eigenvalue weighted by molar-refractivity contribution is -0.167. The van der Waals surface area contributed by atoms with Crippen molar-refractivity contribution in [3.05, 3.63) is 0 Å². The Bertz CT molecular complexity index is 292. The van der Waals surface area contributed by atoms with E-state index in [2.05, 4.69) is 0 Å². The lowest BCUT2D eigenvalue weighted by Gasteiger charge is -2.48. The summed E-state index contributed by atoms with van der Waals surface area (Å²) in [6.45, 7) is 0. The Morgan fingerprint density at radius 2 is 1.93 bits per heavy atom. The van der Waals surface area contributed by atoms with E-state index in [0.717, 1.165) is 32.1 Å². The smallest absolute Gasteiger partial charge is 0.312 e. The summed E-state index contributed by atoms with van der Waals surface area (Å²) < 4.78 is 4.84. The Labute approximate surface area is 94.1 Å². The molecule has 3 nitrogen and oxygen atoms in total. The first-order valence-corrected chi connectivity index (χ1v) is 5.76. The lowest BCUT2D eigenvalue weighted by Crippen LogP contribution is -2.50. The van der Waals surface area contributed by atoms with Gasteiger partial charge in [0, 0.05) is 5.92 Å². The number of esters is 1. The van der Waals surface area contributed by atoms with Gasteiger partial charge in [-0.15, -0.1) is 0 Å². The van der Waals surface area contributed by atoms with Gasteiger partial charge < -0.3 is 4.74 Å². The molecule has 0 aromatic heterocycles. The third-order valence-electron chi connectivity index (χ3n) is 4.10. The minimum absolute atomic E-state index is 0.250. The number of hydrogen-bond acceptors (Lipinski definition) is 3. The van der Waals surface area contributed by atoms with Gasteiger partial charge >= 0.3 is 5.97 Å². The summed E-state index contributed by atoms with van der Waals surface area (Å²) in [5.41, 5.74) is -0.609. The maximum Gasteiger partial charge on any atom is 0.312 e. The van der Waals surface area contributed by atoms with Crippen molar-refractivity contribution in [3.63, 3.8) is 0 Å². The topological polar surface area (TPSA) is 43.4 Å². The summed E-state index contributed by atoms with van der Waals surface area (Å²) in [7, 11) is 1.38. The molecule has 4 heteroatoms. The summed E-state index contributed by atoms with van der Waals surface area (Å²) in [5, 5.41) is -0.371. The maximum absolute atomic E-state index is 11.8. The highest BCUT2D eigenvalue weighted by Crippen LogP contribution is 2.55. The number of methoxy groups -OCH3 is 1. The van der Waals surface area contributed by atoms with Crippen molar-refractivity contribution in [1.82, 2.24) is 0 Å². The molecule has 0 aliphatic heterocycles. The number of carbonyl (C=O) groups excluding carboxylic acids is 2. The van der Waals surface area contributed by atoms with Crippen LogP contribution >= 0.6 is 11.6 Å². The normalized spacial score (nSPS) is 38.8. The fourth-order valence-corrected chi connectivity index (χ4v) is 3.49. The van der Waals surface area contributed by atoms with Crippen LogP contribution in [0.5, 0.6) is 0 Å². The average molecular weight is 231 g/mol. The van der Waals surface area contributed by atoms with Crippen LogP contribution in [-0.2, 0) is 14.3 Å². The van der Waals surface area contributed by atoms with Crippen molar-refractivity contribution in [1.29, 1.82) is 0 Å². The van der Waals surface area contributed by atoms with Crippen molar-refractivity contribution < 1.29 is 14.3 Å². The predicted molar refractivity (Wildman–Crippen MR) is 55.4 cm³/mol. The molecule has 1 atom stereocenters. The number of carbonyl (C=O) groups is 2. The van der Waals surface area contributed by atoms with Crippen LogP contribution in [0.4, 0.5) is 0 Å². The Kier molecular flexibility index (Phi) is 2.75. The fourth-order valence-electron chi connectivity index (χ4n) is 3.20. The molecule has 0 radical (unpaired) electrons. The number of rotatable bonds is 2. The van der Waals surface area contributed by atoms with E-state index in [1.165, 1.54) is 7.11 Å². The van der Waals surface area contributed by atoms with Gasteiger partial charge in [0.2, 0.25) is 5.24 Å². The van der Waals surface area contributed by atoms with E-state index in [-0.39, 0.29) is 17.1 Å². The summed E-state index contributed by atoms with van der Waals surface area (Å²) >= 11 is 5.59. The Morgan fingerprint density at radius 3 is 2.40 bits per heavy atom. The molecular formula is C11H15ClO3. The predicted octanol–water partition coefficient (Wildman–Crippen LogP) is 2.12. The van der Waals surface area contributed by atoms with Crippen LogP contribution in [0.1, 0.15) is 32.1 Å². The first kappa shape index (κ1) is 10.9. The number of ether oxygens (including phenoxy) is 1. The van der Waals surface area contributed by atoms with Gasteiger partial charge in [-0.3, -0.25) is 9.59 Å². The SMILES string of the molecule is COC(=O)C12CCC(CC1)CC2C(=O)Cl. The summed E-state index contributed by atoms with van der Waals surface area (Å²) in [6.07, 6.45) is 4.32. The minimum Gasteiger partial charge on any atom is -0.469 e. The van der Waals surface area contributed by atoms with Gasteiger partial charge in [0.15, 0.2) is 0 Å². The van der Waals surface area contributed by atoms with Gasteiger partial charge in [-0.1, -0.05) is 0 Å². The van der Waals surface area contributed by atoms with Crippen molar-refractivity contribution in [2.24, 2.45) is 17.3 Å². The van der Waals surface area contributed by atoms with Gasteiger partial charge in [0.25, 0.3) is 0 Å². The van der Waals surface area contributed by atoms with Gasteiger partial charge in [-0.25, -0.2) is 0 Å². The van der Waals surface area contributed by atoms with Crippen LogP contribution in [0, 0.1) is 17.3 Å². The molecule has 0 N–H and O–H groups in total. The second-order valence-corrected chi connectivity index (χ2v) is 5.06. The Balaban J connectivity index is 2.31. The molecule has 3 aliphatic carbocycles. The second-order valence-electron chi connectivity index (χ2n) is 4.68. The van der Waals surface area contributed by atoms with Crippen LogP contribution in [0.3, 0.4) is 0 Å². The monoisotopic (exact) mass is 230 g/mol.